The van der Waals surface area contributed by atoms with Crippen LogP contribution in [0.4, 0.5) is 0 Å². The molecule has 21 heavy (non-hydrogen) atoms. The van der Waals surface area contributed by atoms with Gasteiger partial charge < -0.3 is 9.47 Å². The second kappa shape index (κ2) is 4.72. The first-order chi connectivity index (χ1) is 9.82. The van der Waals surface area contributed by atoms with E-state index in [9.17, 15) is 9.59 Å². The molecule has 0 aromatic rings. The molecular weight excluding hydrogens is 268 g/mol. The summed E-state index contributed by atoms with van der Waals surface area (Å²) in [6.45, 7) is 9.62. The highest BCUT2D eigenvalue weighted by molar-refractivity contribution is 5.91. The molecule has 4 nitrogen and oxygen atoms in total. The molecule has 4 unspecified atom stereocenters. The van der Waals surface area contributed by atoms with Crippen molar-refractivity contribution in [3.8, 4) is 0 Å². The van der Waals surface area contributed by atoms with E-state index < -0.39 is 0 Å². The van der Waals surface area contributed by atoms with Gasteiger partial charge in [0.05, 0.1) is 0 Å². The van der Waals surface area contributed by atoms with Crippen LogP contribution in [-0.2, 0) is 19.1 Å². The van der Waals surface area contributed by atoms with Crippen molar-refractivity contribution in [2.24, 2.45) is 11.3 Å². The van der Waals surface area contributed by atoms with Crippen LogP contribution in [0.15, 0.2) is 23.3 Å². The van der Waals surface area contributed by atoms with Crippen molar-refractivity contribution in [1.82, 2.24) is 0 Å². The summed E-state index contributed by atoms with van der Waals surface area (Å²) in [5.74, 6) is -0.355. The smallest absolute Gasteiger partial charge is 0.334 e. The Morgan fingerprint density at radius 3 is 2.86 bits per heavy atom. The number of ether oxygens (including phenoxy) is 2. The average Bonchev–Trinajstić information content (AvgIpc) is 2.62. The maximum absolute atomic E-state index is 11.8. The largest absolute Gasteiger partial charge is 0.462 e. The summed E-state index contributed by atoms with van der Waals surface area (Å²) >= 11 is 0. The van der Waals surface area contributed by atoms with Crippen molar-refractivity contribution in [2.45, 2.75) is 58.7 Å². The summed E-state index contributed by atoms with van der Waals surface area (Å²) < 4.78 is 11.0. The maximum Gasteiger partial charge on any atom is 0.334 e. The summed E-state index contributed by atoms with van der Waals surface area (Å²) in [7, 11) is 0. The summed E-state index contributed by atoms with van der Waals surface area (Å²) in [4.78, 5) is 23.1. The van der Waals surface area contributed by atoms with Crippen LogP contribution in [0.5, 0.6) is 0 Å². The van der Waals surface area contributed by atoms with Gasteiger partial charge in [-0.1, -0.05) is 19.1 Å². The number of carbonyl (C=O) groups excluding carboxylic acids is 2. The third-order valence-corrected chi connectivity index (χ3v) is 5.26. The van der Waals surface area contributed by atoms with E-state index in [4.69, 9.17) is 9.47 Å². The first-order valence-electron chi connectivity index (χ1n) is 7.59. The van der Waals surface area contributed by atoms with Crippen molar-refractivity contribution in [3.63, 3.8) is 0 Å². The summed E-state index contributed by atoms with van der Waals surface area (Å²) in [5.41, 5.74) is 3.01. The molecule has 0 spiro atoms. The van der Waals surface area contributed by atoms with Crippen LogP contribution in [0, 0.1) is 11.3 Å². The molecule has 1 aliphatic heterocycles. The molecule has 2 aliphatic carbocycles. The number of carbonyl (C=O) groups is 2. The van der Waals surface area contributed by atoms with Gasteiger partial charge in [-0.3, -0.25) is 4.79 Å². The molecular formula is C17H22O4. The van der Waals surface area contributed by atoms with Gasteiger partial charge in [-0.15, -0.1) is 0 Å². The molecule has 1 saturated carbocycles. The Kier molecular flexibility index (Phi) is 3.23. The van der Waals surface area contributed by atoms with E-state index in [1.54, 1.807) is 0 Å². The standard InChI is InChI=1S/C17H22O4/c1-9-7-12(20-11(3)18)8-17(4)6-5-13-10(2)16(19)21-15(13)14(9)17/h12-13,15H,2,5-8H2,1,3-4H3. The van der Waals surface area contributed by atoms with Gasteiger partial charge >= 0.3 is 11.9 Å². The predicted octanol–water partition coefficient (Wildman–Crippen LogP) is 2.93. The fourth-order valence-electron chi connectivity index (χ4n) is 4.46. The minimum absolute atomic E-state index is 0.0471. The molecule has 1 heterocycles. The zero-order valence-electron chi connectivity index (χ0n) is 12.9. The van der Waals surface area contributed by atoms with E-state index in [1.165, 1.54) is 18.1 Å². The molecule has 0 bridgehead atoms. The predicted molar refractivity (Wildman–Crippen MR) is 77.3 cm³/mol. The monoisotopic (exact) mass is 290 g/mol. The maximum atomic E-state index is 11.8. The van der Waals surface area contributed by atoms with Gasteiger partial charge in [0.2, 0.25) is 0 Å². The SMILES string of the molecule is C=C1C(=O)OC2C3=C(C)CC(OC(C)=O)CC3(C)CCC12. The molecule has 0 radical (unpaired) electrons. The molecule has 0 amide bonds. The lowest BCUT2D eigenvalue weighted by Gasteiger charge is -2.47. The Balaban J connectivity index is 1.95. The lowest BCUT2D eigenvalue weighted by molar-refractivity contribution is -0.148. The summed E-state index contributed by atoms with van der Waals surface area (Å²) in [5, 5.41) is 0. The fourth-order valence-corrected chi connectivity index (χ4v) is 4.46. The Hall–Kier alpha value is -1.58. The zero-order valence-corrected chi connectivity index (χ0v) is 12.9. The Bertz CT molecular complexity index is 559. The summed E-state index contributed by atoms with van der Waals surface area (Å²) in [6.07, 6.45) is 3.23. The van der Waals surface area contributed by atoms with Crippen molar-refractivity contribution in [3.05, 3.63) is 23.3 Å². The van der Waals surface area contributed by atoms with Gasteiger partial charge in [0, 0.05) is 24.8 Å². The minimum atomic E-state index is -0.253. The van der Waals surface area contributed by atoms with Gasteiger partial charge in [-0.25, -0.2) is 4.79 Å². The van der Waals surface area contributed by atoms with Crippen LogP contribution in [0.2, 0.25) is 0 Å². The van der Waals surface area contributed by atoms with Crippen LogP contribution in [-0.4, -0.2) is 24.1 Å². The van der Waals surface area contributed by atoms with E-state index in [0.29, 0.717) is 5.57 Å². The first-order valence-corrected chi connectivity index (χ1v) is 7.59. The second-order valence-corrected chi connectivity index (χ2v) is 6.89. The van der Waals surface area contributed by atoms with Gasteiger partial charge in [-0.05, 0) is 37.2 Å². The highest BCUT2D eigenvalue weighted by Gasteiger charge is 2.53. The number of esters is 2. The second-order valence-electron chi connectivity index (χ2n) is 6.89. The molecule has 0 N–H and O–H groups in total. The lowest BCUT2D eigenvalue weighted by atomic mass is 9.59. The number of hydrogen-bond donors (Lipinski definition) is 0. The fraction of sp³-hybridized carbons (Fsp3) is 0.647. The average molecular weight is 290 g/mol. The minimum Gasteiger partial charge on any atom is -0.462 e. The van der Waals surface area contributed by atoms with Crippen LogP contribution in [0.1, 0.15) is 46.5 Å². The van der Waals surface area contributed by atoms with Crippen LogP contribution >= 0.6 is 0 Å². The molecule has 114 valence electrons. The van der Waals surface area contributed by atoms with Crippen LogP contribution < -0.4 is 0 Å². The van der Waals surface area contributed by atoms with E-state index in [0.717, 1.165) is 25.7 Å². The topological polar surface area (TPSA) is 52.6 Å². The third-order valence-electron chi connectivity index (χ3n) is 5.26. The van der Waals surface area contributed by atoms with Crippen LogP contribution in [0.25, 0.3) is 0 Å². The quantitative estimate of drug-likeness (QED) is 0.423. The van der Waals surface area contributed by atoms with Crippen molar-refractivity contribution in [2.75, 3.05) is 0 Å². The molecule has 2 fully saturated rings. The third kappa shape index (κ3) is 2.21. The highest BCUT2D eigenvalue weighted by Crippen LogP contribution is 2.55. The van der Waals surface area contributed by atoms with Gasteiger partial charge in [0.15, 0.2) is 0 Å². The number of rotatable bonds is 1. The molecule has 1 saturated heterocycles. The Labute approximate surface area is 125 Å². The van der Waals surface area contributed by atoms with Crippen molar-refractivity contribution < 1.29 is 19.1 Å². The molecule has 3 aliphatic rings. The first kappa shape index (κ1) is 14.4. The molecule has 4 heteroatoms. The normalized spacial score (nSPS) is 38.7. The highest BCUT2D eigenvalue weighted by atomic mass is 16.6. The number of fused-ring (bicyclic) bond motifs is 3. The van der Waals surface area contributed by atoms with E-state index in [-0.39, 0.29) is 35.5 Å². The van der Waals surface area contributed by atoms with E-state index >= 15 is 0 Å². The van der Waals surface area contributed by atoms with Gasteiger partial charge in [0.1, 0.15) is 12.2 Å². The van der Waals surface area contributed by atoms with Gasteiger partial charge in [0.25, 0.3) is 0 Å². The Morgan fingerprint density at radius 1 is 1.48 bits per heavy atom. The molecule has 3 rings (SSSR count). The van der Waals surface area contributed by atoms with Crippen molar-refractivity contribution >= 4 is 11.9 Å². The molecule has 0 aromatic heterocycles. The zero-order chi connectivity index (χ0) is 15.4. The number of hydrogen-bond acceptors (Lipinski definition) is 4. The summed E-state index contributed by atoms with van der Waals surface area (Å²) in [6, 6.07) is 0. The lowest BCUT2D eigenvalue weighted by Crippen LogP contribution is -2.43. The van der Waals surface area contributed by atoms with Gasteiger partial charge in [-0.2, -0.15) is 0 Å². The van der Waals surface area contributed by atoms with E-state index in [2.05, 4.69) is 20.4 Å². The molecule has 4 atom stereocenters. The van der Waals surface area contributed by atoms with Crippen LogP contribution in [0.3, 0.4) is 0 Å². The Morgan fingerprint density at radius 2 is 2.19 bits per heavy atom. The molecule has 0 aromatic carbocycles. The van der Waals surface area contributed by atoms with E-state index in [1.807, 2.05) is 0 Å². The van der Waals surface area contributed by atoms with Crippen molar-refractivity contribution in [1.29, 1.82) is 0 Å².